The monoisotopic (exact) mass is 175 g/mol. The highest BCUT2D eigenvalue weighted by atomic mass is 16.2. The smallest absolute Gasteiger partial charge is 0.267 e. The summed E-state index contributed by atoms with van der Waals surface area (Å²) in [7, 11) is 0. The summed E-state index contributed by atoms with van der Waals surface area (Å²) in [6.45, 7) is 1.83. The molecule has 13 heavy (non-hydrogen) atoms. The van der Waals surface area contributed by atoms with Crippen LogP contribution in [0.2, 0.25) is 0 Å². The van der Waals surface area contributed by atoms with Gasteiger partial charge in [-0.15, -0.1) is 0 Å². The first-order valence-corrected chi connectivity index (χ1v) is 4.08. The van der Waals surface area contributed by atoms with Gasteiger partial charge in [-0.2, -0.15) is 5.11 Å². The average Bonchev–Trinajstić information content (AvgIpc) is 2.48. The lowest BCUT2D eigenvalue weighted by Gasteiger charge is -2.17. The fourth-order valence-electron chi connectivity index (χ4n) is 1.31. The zero-order valence-corrected chi connectivity index (χ0v) is 7.21. The number of nitrogens with zero attached hydrogens (tertiary/aromatic N) is 3. The van der Waals surface area contributed by atoms with E-state index in [-0.39, 0.29) is 12.2 Å². The van der Waals surface area contributed by atoms with Crippen LogP contribution in [0.15, 0.2) is 40.6 Å². The van der Waals surface area contributed by atoms with Crippen molar-refractivity contribution in [3.8, 4) is 0 Å². The maximum absolute atomic E-state index is 11.3. The molecule has 4 nitrogen and oxygen atoms in total. The van der Waals surface area contributed by atoms with Gasteiger partial charge < -0.3 is 0 Å². The topological polar surface area (TPSA) is 45.0 Å². The molecule has 2 rings (SSSR count). The summed E-state index contributed by atoms with van der Waals surface area (Å²) in [5.74, 6) is 0. The van der Waals surface area contributed by atoms with Crippen LogP contribution >= 0.6 is 0 Å². The molecule has 0 fully saturated rings. The van der Waals surface area contributed by atoms with E-state index in [0.717, 1.165) is 5.69 Å². The van der Waals surface area contributed by atoms with Crippen molar-refractivity contribution in [1.29, 1.82) is 0 Å². The summed E-state index contributed by atoms with van der Waals surface area (Å²) >= 11 is 0. The lowest BCUT2D eigenvalue weighted by atomic mass is 10.3. The highest BCUT2D eigenvalue weighted by Crippen LogP contribution is 2.22. The average molecular weight is 175 g/mol. The lowest BCUT2D eigenvalue weighted by molar-refractivity contribution is 0.255. The molecule has 0 N–H and O–H groups in total. The van der Waals surface area contributed by atoms with Gasteiger partial charge in [-0.05, 0) is 19.1 Å². The van der Waals surface area contributed by atoms with Gasteiger partial charge in [-0.1, -0.05) is 23.3 Å². The molecule has 0 saturated heterocycles. The second kappa shape index (κ2) is 2.97. The highest BCUT2D eigenvalue weighted by Gasteiger charge is 2.26. The zero-order valence-electron chi connectivity index (χ0n) is 7.21. The predicted molar refractivity (Wildman–Crippen MR) is 48.6 cm³/mol. The standard InChI is InChI=1S/C9H9N3O/c1-7-10-11-9(13)12(7)8-5-3-2-4-6-8/h2-7H,1H3. The van der Waals surface area contributed by atoms with E-state index in [4.69, 9.17) is 0 Å². The number of benzene rings is 1. The number of anilines is 1. The van der Waals surface area contributed by atoms with E-state index in [0.29, 0.717) is 0 Å². The molecule has 1 unspecified atom stereocenters. The van der Waals surface area contributed by atoms with E-state index in [9.17, 15) is 4.79 Å². The summed E-state index contributed by atoms with van der Waals surface area (Å²) < 4.78 is 0. The van der Waals surface area contributed by atoms with Gasteiger partial charge in [0, 0.05) is 5.69 Å². The third kappa shape index (κ3) is 1.30. The van der Waals surface area contributed by atoms with Gasteiger partial charge >= 0.3 is 6.03 Å². The predicted octanol–water partition coefficient (Wildman–Crippen LogP) is 2.42. The minimum atomic E-state index is -0.293. The Hall–Kier alpha value is -1.71. The first-order valence-electron chi connectivity index (χ1n) is 4.08. The number of rotatable bonds is 1. The van der Waals surface area contributed by atoms with Gasteiger partial charge in [-0.25, -0.2) is 4.79 Å². The molecule has 2 amide bonds. The molecule has 4 heteroatoms. The molecule has 0 spiro atoms. The van der Waals surface area contributed by atoms with Crippen molar-refractivity contribution in [1.82, 2.24) is 0 Å². The Labute approximate surface area is 75.9 Å². The second-order valence-corrected chi connectivity index (χ2v) is 2.84. The van der Waals surface area contributed by atoms with E-state index in [1.54, 1.807) is 4.90 Å². The molecular weight excluding hydrogens is 166 g/mol. The highest BCUT2D eigenvalue weighted by molar-refractivity contribution is 5.94. The van der Waals surface area contributed by atoms with Crippen LogP contribution in [0.25, 0.3) is 0 Å². The number of carbonyl (C=O) groups excluding carboxylic acids is 1. The van der Waals surface area contributed by atoms with Gasteiger partial charge in [0.25, 0.3) is 0 Å². The van der Waals surface area contributed by atoms with Gasteiger partial charge in [0.2, 0.25) is 0 Å². The molecule has 0 aromatic heterocycles. The maximum atomic E-state index is 11.3. The molecule has 1 heterocycles. The number of azo groups is 1. The van der Waals surface area contributed by atoms with Gasteiger partial charge in [0.05, 0.1) is 0 Å². The van der Waals surface area contributed by atoms with Crippen molar-refractivity contribution in [3.05, 3.63) is 30.3 Å². The number of carbonyl (C=O) groups is 1. The van der Waals surface area contributed by atoms with E-state index in [1.807, 2.05) is 37.3 Å². The zero-order chi connectivity index (χ0) is 9.26. The molecule has 1 aromatic rings. The Balaban J connectivity index is 2.33. The Morgan fingerprint density at radius 1 is 1.31 bits per heavy atom. The number of hydrogen-bond donors (Lipinski definition) is 0. The van der Waals surface area contributed by atoms with Crippen LogP contribution in [0.5, 0.6) is 0 Å². The van der Waals surface area contributed by atoms with Crippen molar-refractivity contribution in [3.63, 3.8) is 0 Å². The van der Waals surface area contributed by atoms with E-state index in [1.165, 1.54) is 0 Å². The van der Waals surface area contributed by atoms with E-state index in [2.05, 4.69) is 10.2 Å². The first kappa shape index (κ1) is 7.91. The largest absolute Gasteiger partial charge is 0.368 e. The number of amides is 2. The minimum absolute atomic E-state index is 0.185. The van der Waals surface area contributed by atoms with Crippen molar-refractivity contribution in [2.24, 2.45) is 10.2 Å². The maximum Gasteiger partial charge on any atom is 0.368 e. The molecular formula is C9H9N3O. The number of hydrogen-bond acceptors (Lipinski definition) is 2. The quantitative estimate of drug-likeness (QED) is 0.646. The van der Waals surface area contributed by atoms with Crippen molar-refractivity contribution >= 4 is 11.7 Å². The second-order valence-electron chi connectivity index (χ2n) is 2.84. The van der Waals surface area contributed by atoms with E-state index < -0.39 is 0 Å². The summed E-state index contributed by atoms with van der Waals surface area (Å²) in [6.07, 6.45) is -0.185. The summed E-state index contributed by atoms with van der Waals surface area (Å²) in [5, 5.41) is 7.26. The van der Waals surface area contributed by atoms with Crippen LogP contribution in [-0.2, 0) is 0 Å². The van der Waals surface area contributed by atoms with Crippen LogP contribution in [0.3, 0.4) is 0 Å². The molecule has 0 aliphatic carbocycles. The molecule has 1 aromatic carbocycles. The molecule has 1 atom stereocenters. The summed E-state index contributed by atoms with van der Waals surface area (Å²) in [6, 6.07) is 9.11. The van der Waals surface area contributed by atoms with Gasteiger partial charge in [0.15, 0.2) is 0 Å². The van der Waals surface area contributed by atoms with Crippen LogP contribution < -0.4 is 4.90 Å². The van der Waals surface area contributed by atoms with Crippen molar-refractivity contribution < 1.29 is 4.79 Å². The fourth-order valence-corrected chi connectivity index (χ4v) is 1.31. The van der Waals surface area contributed by atoms with E-state index >= 15 is 0 Å². The third-order valence-corrected chi connectivity index (χ3v) is 1.92. The third-order valence-electron chi connectivity index (χ3n) is 1.92. The minimum Gasteiger partial charge on any atom is -0.267 e. The number of para-hydroxylation sites is 1. The fraction of sp³-hybridized carbons (Fsp3) is 0.222. The molecule has 0 radical (unpaired) electrons. The summed E-state index contributed by atoms with van der Waals surface area (Å²) in [4.78, 5) is 12.8. The van der Waals surface area contributed by atoms with Gasteiger partial charge in [-0.3, -0.25) is 4.90 Å². The summed E-state index contributed by atoms with van der Waals surface area (Å²) in [5.41, 5.74) is 0.838. The van der Waals surface area contributed by atoms with Crippen molar-refractivity contribution in [2.45, 2.75) is 13.1 Å². The Kier molecular flexibility index (Phi) is 1.81. The Morgan fingerprint density at radius 2 is 2.00 bits per heavy atom. The normalized spacial score (nSPS) is 21.2. The Morgan fingerprint density at radius 3 is 2.54 bits per heavy atom. The molecule has 0 bridgehead atoms. The van der Waals surface area contributed by atoms with Gasteiger partial charge in [0.1, 0.15) is 6.17 Å². The van der Waals surface area contributed by atoms with Crippen LogP contribution in [-0.4, -0.2) is 12.2 Å². The molecule has 0 saturated carbocycles. The molecule has 66 valence electrons. The van der Waals surface area contributed by atoms with Crippen molar-refractivity contribution in [2.75, 3.05) is 4.90 Å². The Bertz CT molecular complexity index is 347. The number of urea groups is 1. The molecule has 1 aliphatic heterocycles. The van der Waals surface area contributed by atoms with Crippen LogP contribution in [0.4, 0.5) is 10.5 Å². The SMILES string of the molecule is CC1N=NC(=O)N1c1ccccc1. The molecule has 1 aliphatic rings. The van der Waals surface area contributed by atoms with Crippen LogP contribution in [0.1, 0.15) is 6.92 Å². The van der Waals surface area contributed by atoms with Crippen LogP contribution in [0, 0.1) is 0 Å². The first-order chi connectivity index (χ1) is 6.29. The lowest BCUT2D eigenvalue weighted by Crippen LogP contribution is -2.30.